The lowest BCUT2D eigenvalue weighted by Crippen LogP contribution is -2.42. The Morgan fingerprint density at radius 1 is 1.50 bits per heavy atom. The highest BCUT2D eigenvalue weighted by Crippen LogP contribution is 2.28. The van der Waals surface area contributed by atoms with Gasteiger partial charge in [0.05, 0.1) is 11.8 Å². The number of nitrogens with one attached hydrogen (secondary N) is 1. The lowest BCUT2D eigenvalue weighted by Gasteiger charge is -2.30. The van der Waals surface area contributed by atoms with Gasteiger partial charge in [-0.1, -0.05) is 6.07 Å². The van der Waals surface area contributed by atoms with Gasteiger partial charge < -0.3 is 5.32 Å². The van der Waals surface area contributed by atoms with Crippen LogP contribution in [0.2, 0.25) is 0 Å². The van der Waals surface area contributed by atoms with E-state index in [4.69, 9.17) is 0 Å². The molecule has 1 aliphatic rings. The molecule has 0 amide bonds. The van der Waals surface area contributed by atoms with E-state index in [1.165, 1.54) is 0 Å². The first-order chi connectivity index (χ1) is 6.87. The number of nitriles is 1. The predicted molar refractivity (Wildman–Crippen MR) is 53.6 cm³/mol. The van der Waals surface area contributed by atoms with E-state index in [0.717, 1.165) is 31.6 Å². The summed E-state index contributed by atoms with van der Waals surface area (Å²) in [7, 11) is 0. The van der Waals surface area contributed by atoms with Crippen LogP contribution in [0, 0.1) is 11.3 Å². The fraction of sp³-hybridized carbons (Fsp3) is 0.455. The van der Waals surface area contributed by atoms with Crippen molar-refractivity contribution < 1.29 is 0 Å². The molecule has 0 aromatic carbocycles. The minimum atomic E-state index is -0.403. The van der Waals surface area contributed by atoms with Gasteiger partial charge in [0.15, 0.2) is 0 Å². The van der Waals surface area contributed by atoms with Crippen molar-refractivity contribution in [3.8, 4) is 6.07 Å². The zero-order valence-corrected chi connectivity index (χ0v) is 8.03. The van der Waals surface area contributed by atoms with E-state index in [2.05, 4.69) is 16.4 Å². The zero-order valence-electron chi connectivity index (χ0n) is 8.03. The number of aromatic nitrogens is 1. The molecular weight excluding hydrogens is 174 g/mol. The number of piperidine rings is 1. The zero-order chi connectivity index (χ0) is 9.86. The summed E-state index contributed by atoms with van der Waals surface area (Å²) in [4.78, 5) is 4.28. The molecule has 72 valence electrons. The predicted octanol–water partition coefficient (Wildman–Crippen LogP) is 1.23. The smallest absolute Gasteiger partial charge is 0.112 e. The molecule has 14 heavy (non-hydrogen) atoms. The molecule has 0 saturated carbocycles. The molecule has 0 bridgehead atoms. The van der Waals surface area contributed by atoms with Crippen molar-refractivity contribution in [3.05, 3.63) is 30.1 Å². The van der Waals surface area contributed by atoms with Crippen molar-refractivity contribution in [2.24, 2.45) is 0 Å². The number of hydrogen-bond donors (Lipinski definition) is 1. The fourth-order valence-corrected chi connectivity index (χ4v) is 1.92. The van der Waals surface area contributed by atoms with E-state index in [1.54, 1.807) is 6.20 Å². The lowest BCUT2D eigenvalue weighted by atomic mass is 9.79. The average Bonchev–Trinajstić information content (AvgIpc) is 2.31. The Hall–Kier alpha value is -1.40. The van der Waals surface area contributed by atoms with Crippen LogP contribution >= 0.6 is 0 Å². The maximum atomic E-state index is 9.26. The summed E-state index contributed by atoms with van der Waals surface area (Å²) in [5, 5.41) is 12.5. The molecule has 3 heteroatoms. The molecule has 1 aromatic heterocycles. The van der Waals surface area contributed by atoms with E-state index in [-0.39, 0.29) is 0 Å². The monoisotopic (exact) mass is 187 g/mol. The molecule has 1 atom stereocenters. The summed E-state index contributed by atoms with van der Waals surface area (Å²) in [6.07, 6.45) is 3.71. The first-order valence-corrected chi connectivity index (χ1v) is 4.91. The number of nitrogens with zero attached hydrogens (tertiary/aromatic N) is 2. The highest BCUT2D eigenvalue weighted by molar-refractivity contribution is 5.27. The van der Waals surface area contributed by atoms with E-state index < -0.39 is 5.41 Å². The van der Waals surface area contributed by atoms with E-state index in [9.17, 15) is 5.26 Å². The van der Waals surface area contributed by atoms with Crippen molar-refractivity contribution in [3.63, 3.8) is 0 Å². The highest BCUT2D eigenvalue weighted by atomic mass is 14.9. The average molecular weight is 187 g/mol. The number of pyridine rings is 1. The first-order valence-electron chi connectivity index (χ1n) is 4.91. The summed E-state index contributed by atoms with van der Waals surface area (Å²) in [5.41, 5.74) is 0.495. The Morgan fingerprint density at radius 3 is 3.00 bits per heavy atom. The standard InChI is InChI=1S/C11H13N3/c12-8-11(5-3-6-13-9-11)10-4-1-2-7-14-10/h1-2,4,7,13H,3,5-6,9H2/t11-/m0/s1. The molecule has 0 unspecified atom stereocenters. The van der Waals surface area contributed by atoms with Crippen molar-refractivity contribution in [1.82, 2.24) is 10.3 Å². The molecule has 0 spiro atoms. The minimum Gasteiger partial charge on any atom is -0.315 e. The second kappa shape index (κ2) is 3.77. The molecule has 3 nitrogen and oxygen atoms in total. The van der Waals surface area contributed by atoms with Crippen LogP contribution in [-0.2, 0) is 5.41 Å². The maximum absolute atomic E-state index is 9.26. The molecule has 2 heterocycles. The second-order valence-electron chi connectivity index (χ2n) is 3.69. The summed E-state index contributed by atoms with van der Waals surface area (Å²) in [5.74, 6) is 0. The van der Waals surface area contributed by atoms with Crippen LogP contribution < -0.4 is 5.32 Å². The second-order valence-corrected chi connectivity index (χ2v) is 3.69. The van der Waals surface area contributed by atoms with Crippen LogP contribution in [0.25, 0.3) is 0 Å². The molecule has 0 aliphatic carbocycles. The summed E-state index contributed by atoms with van der Waals surface area (Å²) < 4.78 is 0. The molecule has 1 fully saturated rings. The van der Waals surface area contributed by atoms with Gasteiger partial charge in [0.1, 0.15) is 5.41 Å². The molecule has 0 radical (unpaired) electrons. The van der Waals surface area contributed by atoms with Crippen LogP contribution in [0.4, 0.5) is 0 Å². The van der Waals surface area contributed by atoms with Gasteiger partial charge in [-0.25, -0.2) is 0 Å². The van der Waals surface area contributed by atoms with Crippen molar-refractivity contribution in [2.45, 2.75) is 18.3 Å². The van der Waals surface area contributed by atoms with E-state index in [0.29, 0.717) is 0 Å². The maximum Gasteiger partial charge on any atom is 0.112 e. The van der Waals surface area contributed by atoms with Gasteiger partial charge in [-0.15, -0.1) is 0 Å². The molecule has 1 saturated heterocycles. The van der Waals surface area contributed by atoms with Gasteiger partial charge in [0, 0.05) is 12.7 Å². The third-order valence-electron chi connectivity index (χ3n) is 2.75. The quantitative estimate of drug-likeness (QED) is 0.719. The van der Waals surface area contributed by atoms with Crippen LogP contribution in [0.1, 0.15) is 18.5 Å². The van der Waals surface area contributed by atoms with Crippen molar-refractivity contribution >= 4 is 0 Å². The Balaban J connectivity index is 2.33. The minimum absolute atomic E-state index is 0.403. The van der Waals surface area contributed by atoms with Crippen molar-refractivity contribution in [1.29, 1.82) is 5.26 Å². The van der Waals surface area contributed by atoms with Crippen LogP contribution in [-0.4, -0.2) is 18.1 Å². The number of rotatable bonds is 1. The summed E-state index contributed by atoms with van der Waals surface area (Å²) in [6.45, 7) is 1.73. The lowest BCUT2D eigenvalue weighted by molar-refractivity contribution is 0.378. The molecule has 2 rings (SSSR count). The molecule has 1 aliphatic heterocycles. The van der Waals surface area contributed by atoms with E-state index >= 15 is 0 Å². The van der Waals surface area contributed by atoms with Gasteiger partial charge >= 0.3 is 0 Å². The Labute approximate surface area is 83.8 Å². The Bertz CT molecular complexity index is 333. The van der Waals surface area contributed by atoms with Crippen LogP contribution in [0.15, 0.2) is 24.4 Å². The third kappa shape index (κ3) is 1.49. The SMILES string of the molecule is N#C[C@@]1(c2ccccn2)CCCNC1. The summed E-state index contributed by atoms with van der Waals surface area (Å²) >= 11 is 0. The van der Waals surface area contributed by atoms with Crippen molar-refractivity contribution in [2.75, 3.05) is 13.1 Å². The van der Waals surface area contributed by atoms with Crippen LogP contribution in [0.5, 0.6) is 0 Å². The normalized spacial score (nSPS) is 26.8. The topological polar surface area (TPSA) is 48.7 Å². The van der Waals surface area contributed by atoms with Gasteiger partial charge in [0.2, 0.25) is 0 Å². The molecule has 1 aromatic rings. The highest BCUT2D eigenvalue weighted by Gasteiger charge is 2.35. The van der Waals surface area contributed by atoms with Gasteiger partial charge in [0.25, 0.3) is 0 Å². The van der Waals surface area contributed by atoms with Crippen LogP contribution in [0.3, 0.4) is 0 Å². The Morgan fingerprint density at radius 2 is 2.43 bits per heavy atom. The number of hydrogen-bond acceptors (Lipinski definition) is 3. The molecular formula is C11H13N3. The summed E-state index contributed by atoms with van der Waals surface area (Å²) in [6, 6.07) is 8.17. The fourth-order valence-electron chi connectivity index (χ4n) is 1.92. The van der Waals surface area contributed by atoms with Gasteiger partial charge in [-0.3, -0.25) is 4.98 Å². The third-order valence-corrected chi connectivity index (χ3v) is 2.75. The first kappa shape index (κ1) is 9.17. The molecule has 1 N–H and O–H groups in total. The Kier molecular flexibility index (Phi) is 2.47. The largest absolute Gasteiger partial charge is 0.315 e. The van der Waals surface area contributed by atoms with E-state index in [1.807, 2.05) is 18.2 Å². The van der Waals surface area contributed by atoms with Gasteiger partial charge in [-0.2, -0.15) is 5.26 Å². The van der Waals surface area contributed by atoms with Gasteiger partial charge in [-0.05, 0) is 31.5 Å².